The fourth-order valence-corrected chi connectivity index (χ4v) is 1.08. The Kier molecular flexibility index (Phi) is 1.14. The van der Waals surface area contributed by atoms with Crippen LogP contribution < -0.4 is 0 Å². The minimum Gasteiger partial charge on any atom is -0.330 e. The van der Waals surface area contributed by atoms with Crippen LogP contribution in [0.25, 0.3) is 11.3 Å². The van der Waals surface area contributed by atoms with Gasteiger partial charge in [-0.3, -0.25) is 0 Å². The number of halogens is 1. The van der Waals surface area contributed by atoms with Crippen LogP contribution in [0.2, 0.25) is 5.28 Å². The first-order chi connectivity index (χ1) is 4.86. The summed E-state index contributed by atoms with van der Waals surface area (Å²) in [5.41, 5.74) is 2.12. The van der Waals surface area contributed by atoms with E-state index in [0.717, 1.165) is 11.3 Å². The number of nitrogens with one attached hydrogen (secondary N) is 1. The van der Waals surface area contributed by atoms with E-state index in [0.29, 0.717) is 5.28 Å². The van der Waals surface area contributed by atoms with Crippen molar-refractivity contribution in [2.45, 2.75) is 0 Å². The van der Waals surface area contributed by atoms with Gasteiger partial charge in [-0.15, -0.1) is 0 Å². The summed E-state index contributed by atoms with van der Waals surface area (Å²) in [5.74, 6) is 0. The first-order valence-corrected chi connectivity index (χ1v) is 3.33. The maximum Gasteiger partial charge on any atom is 0.200 e. The number of aromatic nitrogens is 2. The molecule has 0 aromatic rings. The molecule has 10 heavy (non-hydrogen) atoms. The first kappa shape index (κ1) is 5.74. The molecule has 2 aliphatic rings. The van der Waals surface area contributed by atoms with Gasteiger partial charge in [-0.25, -0.2) is 4.98 Å². The molecule has 1 aliphatic heterocycles. The maximum absolute atomic E-state index is 5.61. The summed E-state index contributed by atoms with van der Waals surface area (Å²) in [5, 5.41) is 0.429. The van der Waals surface area contributed by atoms with E-state index in [1.165, 1.54) is 0 Å². The highest BCUT2D eigenvalue weighted by atomic mass is 35.5. The molecule has 0 bridgehead atoms. The summed E-state index contributed by atoms with van der Waals surface area (Å²) in [6, 6.07) is 5.90. The van der Waals surface area contributed by atoms with Crippen molar-refractivity contribution < 1.29 is 0 Å². The molecule has 0 atom stereocenters. The monoisotopic (exact) mass is 152 g/mol. The van der Waals surface area contributed by atoms with Gasteiger partial charge in [0, 0.05) is 17.5 Å². The molecule has 2 rings (SSSR count). The Labute approximate surface area is 63.2 Å². The maximum atomic E-state index is 5.61. The van der Waals surface area contributed by atoms with Crippen molar-refractivity contribution >= 4 is 11.6 Å². The van der Waals surface area contributed by atoms with Crippen LogP contribution in [0.4, 0.5) is 0 Å². The summed E-state index contributed by atoms with van der Waals surface area (Å²) >= 11 is 5.61. The Bertz CT molecular complexity index is 315. The van der Waals surface area contributed by atoms with E-state index in [4.69, 9.17) is 11.6 Å². The third kappa shape index (κ3) is 0.772. The van der Waals surface area contributed by atoms with Gasteiger partial charge >= 0.3 is 0 Å². The number of hydrogen-bond acceptors (Lipinski definition) is 1. The number of rotatable bonds is 0. The molecule has 1 aliphatic carbocycles. The molecule has 50 valence electrons. The SMILES string of the molecule is Clc1ncc2cccc-2[nH]1. The molecule has 0 aromatic carbocycles. The van der Waals surface area contributed by atoms with E-state index in [-0.39, 0.29) is 0 Å². The molecule has 3 heteroatoms. The van der Waals surface area contributed by atoms with Crippen molar-refractivity contribution in [3.63, 3.8) is 0 Å². The van der Waals surface area contributed by atoms with Gasteiger partial charge in [-0.05, 0) is 17.7 Å². The standard InChI is InChI=1S/C7H5ClN2/c8-7-9-4-5-2-1-3-6(5)10-7/h1-4H,(H,9,10). The quantitative estimate of drug-likeness (QED) is 0.576. The first-order valence-electron chi connectivity index (χ1n) is 2.95. The Balaban J connectivity index is 2.75. The van der Waals surface area contributed by atoms with Gasteiger partial charge in [-0.2, -0.15) is 0 Å². The minimum atomic E-state index is 0.429. The van der Waals surface area contributed by atoms with Crippen LogP contribution in [-0.4, -0.2) is 9.97 Å². The van der Waals surface area contributed by atoms with E-state index < -0.39 is 0 Å². The predicted molar refractivity (Wildman–Crippen MR) is 40.2 cm³/mol. The van der Waals surface area contributed by atoms with E-state index in [2.05, 4.69) is 9.97 Å². The van der Waals surface area contributed by atoms with Crippen molar-refractivity contribution in [2.75, 3.05) is 0 Å². The van der Waals surface area contributed by atoms with Gasteiger partial charge in [0.1, 0.15) is 0 Å². The lowest BCUT2D eigenvalue weighted by molar-refractivity contribution is 1.18. The topological polar surface area (TPSA) is 28.7 Å². The number of fused-ring (bicyclic) bond motifs is 1. The van der Waals surface area contributed by atoms with E-state index in [1.54, 1.807) is 6.20 Å². The van der Waals surface area contributed by atoms with Gasteiger partial charge in [-0.1, -0.05) is 12.1 Å². The lowest BCUT2D eigenvalue weighted by atomic mass is 10.3. The average molecular weight is 153 g/mol. The Hall–Kier alpha value is -1.02. The van der Waals surface area contributed by atoms with Crippen LogP contribution in [-0.2, 0) is 0 Å². The lowest BCUT2D eigenvalue weighted by Crippen LogP contribution is -1.84. The van der Waals surface area contributed by atoms with Crippen molar-refractivity contribution in [1.29, 1.82) is 0 Å². The highest BCUT2D eigenvalue weighted by molar-refractivity contribution is 6.28. The van der Waals surface area contributed by atoms with Crippen molar-refractivity contribution in [1.82, 2.24) is 9.97 Å². The van der Waals surface area contributed by atoms with E-state index >= 15 is 0 Å². The van der Waals surface area contributed by atoms with E-state index in [1.807, 2.05) is 18.2 Å². The molecule has 0 aromatic heterocycles. The molecule has 0 saturated heterocycles. The highest BCUT2D eigenvalue weighted by Crippen LogP contribution is 2.19. The van der Waals surface area contributed by atoms with Crippen LogP contribution in [0.15, 0.2) is 24.4 Å². The zero-order chi connectivity index (χ0) is 6.97. The van der Waals surface area contributed by atoms with Gasteiger partial charge in [0.2, 0.25) is 0 Å². The Morgan fingerprint density at radius 3 is 3.20 bits per heavy atom. The van der Waals surface area contributed by atoms with Gasteiger partial charge in [0.15, 0.2) is 5.28 Å². The molecule has 0 unspecified atom stereocenters. The van der Waals surface area contributed by atoms with Gasteiger partial charge < -0.3 is 4.98 Å². The van der Waals surface area contributed by atoms with Crippen LogP contribution >= 0.6 is 11.6 Å². The molecule has 0 saturated carbocycles. The molecular formula is C7H5ClN2. The number of nitrogens with zero attached hydrogens (tertiary/aromatic N) is 1. The van der Waals surface area contributed by atoms with Crippen LogP contribution in [0, 0.1) is 0 Å². The van der Waals surface area contributed by atoms with Crippen molar-refractivity contribution in [3.8, 4) is 11.3 Å². The largest absolute Gasteiger partial charge is 0.330 e. The van der Waals surface area contributed by atoms with E-state index in [9.17, 15) is 0 Å². The third-order valence-corrected chi connectivity index (χ3v) is 1.60. The fraction of sp³-hybridized carbons (Fsp3) is 0. The number of aromatic amines is 1. The summed E-state index contributed by atoms with van der Waals surface area (Å²) in [4.78, 5) is 6.81. The summed E-state index contributed by atoms with van der Waals surface area (Å²) in [7, 11) is 0. The lowest BCUT2D eigenvalue weighted by Gasteiger charge is -1.96. The summed E-state index contributed by atoms with van der Waals surface area (Å²) in [6.45, 7) is 0. The number of H-pyrrole nitrogens is 1. The number of hydrogen-bond donors (Lipinski definition) is 1. The Morgan fingerprint density at radius 1 is 1.40 bits per heavy atom. The molecule has 0 spiro atoms. The van der Waals surface area contributed by atoms with Crippen LogP contribution in [0.3, 0.4) is 0 Å². The van der Waals surface area contributed by atoms with Gasteiger partial charge in [0.25, 0.3) is 0 Å². The minimum absolute atomic E-state index is 0.429. The molecule has 1 heterocycles. The molecule has 0 fully saturated rings. The summed E-state index contributed by atoms with van der Waals surface area (Å²) in [6.07, 6.45) is 1.74. The fourth-order valence-electron chi connectivity index (χ4n) is 0.930. The molecule has 0 amide bonds. The molecule has 0 radical (unpaired) electrons. The molecule has 1 N–H and O–H groups in total. The third-order valence-electron chi connectivity index (χ3n) is 1.40. The second-order valence-corrected chi connectivity index (χ2v) is 2.43. The smallest absolute Gasteiger partial charge is 0.200 e. The van der Waals surface area contributed by atoms with Crippen molar-refractivity contribution in [3.05, 3.63) is 29.7 Å². The zero-order valence-corrected chi connectivity index (χ0v) is 5.89. The molecular weight excluding hydrogens is 148 g/mol. The van der Waals surface area contributed by atoms with Crippen LogP contribution in [0.1, 0.15) is 0 Å². The zero-order valence-electron chi connectivity index (χ0n) is 5.13. The molecule has 2 nitrogen and oxygen atoms in total. The average Bonchev–Trinajstić information content (AvgIpc) is 2.33. The summed E-state index contributed by atoms with van der Waals surface area (Å²) < 4.78 is 0. The highest BCUT2D eigenvalue weighted by Gasteiger charge is 2.00. The second-order valence-electron chi connectivity index (χ2n) is 2.07. The second kappa shape index (κ2) is 1.99. The Morgan fingerprint density at radius 2 is 2.30 bits per heavy atom. The van der Waals surface area contributed by atoms with Gasteiger partial charge in [0.05, 0.1) is 0 Å². The predicted octanol–water partition coefficient (Wildman–Crippen LogP) is 2.17. The van der Waals surface area contributed by atoms with Crippen molar-refractivity contribution in [2.24, 2.45) is 0 Å². The van der Waals surface area contributed by atoms with Crippen LogP contribution in [0.5, 0.6) is 0 Å². The normalized spacial score (nSPS) is 10.5.